The molecule has 1 aliphatic rings. The van der Waals surface area contributed by atoms with E-state index < -0.39 is 5.97 Å². The molecule has 0 atom stereocenters. The summed E-state index contributed by atoms with van der Waals surface area (Å²) in [4.78, 5) is 24.1. The van der Waals surface area contributed by atoms with E-state index in [2.05, 4.69) is 11.0 Å². The van der Waals surface area contributed by atoms with Gasteiger partial charge in [-0.05, 0) is 48.9 Å². The van der Waals surface area contributed by atoms with Crippen molar-refractivity contribution in [3.63, 3.8) is 0 Å². The first-order valence-electron chi connectivity index (χ1n) is 8.21. The number of hydrogen-bond acceptors (Lipinski definition) is 4. The monoisotopic (exact) mass is 394 g/mol. The molecule has 0 aromatic heterocycles. The zero-order chi connectivity index (χ0) is 20.3. The summed E-state index contributed by atoms with van der Waals surface area (Å²) in [6.45, 7) is 1.85. The summed E-state index contributed by atoms with van der Waals surface area (Å²) >= 11 is 5.89. The van der Waals surface area contributed by atoms with Gasteiger partial charge >= 0.3 is 5.97 Å². The van der Waals surface area contributed by atoms with E-state index in [1.165, 1.54) is 12.1 Å². The fraction of sp³-hybridized carbons (Fsp3) is 0.0952. The molecule has 7 heteroatoms. The van der Waals surface area contributed by atoms with Crippen LogP contribution in [0.1, 0.15) is 22.8 Å². The van der Waals surface area contributed by atoms with Gasteiger partial charge in [0.2, 0.25) is 0 Å². The lowest BCUT2D eigenvalue weighted by Crippen LogP contribution is -2.21. The number of ether oxygens (including phenoxy) is 1. The van der Waals surface area contributed by atoms with Crippen LogP contribution in [0.5, 0.6) is 5.75 Å². The van der Waals surface area contributed by atoms with Gasteiger partial charge < -0.3 is 9.84 Å². The lowest BCUT2D eigenvalue weighted by Gasteiger charge is -2.13. The Balaban J connectivity index is 1.91. The van der Waals surface area contributed by atoms with E-state index in [1.54, 1.807) is 37.3 Å². The molecule has 1 heterocycles. The number of carbonyl (C=O) groups excluding carboxylic acids is 1. The highest BCUT2D eigenvalue weighted by molar-refractivity contribution is 6.34. The van der Waals surface area contributed by atoms with Crippen LogP contribution in [0.25, 0.3) is 6.08 Å². The molecule has 0 bridgehead atoms. The molecule has 2 aromatic rings. The average Bonchev–Trinajstić information content (AvgIpc) is 2.95. The van der Waals surface area contributed by atoms with Crippen LogP contribution in [0.3, 0.4) is 0 Å². The Kier molecular flexibility index (Phi) is 5.48. The van der Waals surface area contributed by atoms with Gasteiger partial charge in [0.15, 0.2) is 0 Å². The summed E-state index contributed by atoms with van der Waals surface area (Å²) in [5.41, 5.74) is 1.86. The van der Waals surface area contributed by atoms with Gasteiger partial charge in [-0.15, -0.1) is 6.42 Å². The maximum absolute atomic E-state index is 12.8. The Bertz CT molecular complexity index is 1070. The quantitative estimate of drug-likeness (QED) is 0.617. The van der Waals surface area contributed by atoms with E-state index in [-0.39, 0.29) is 23.1 Å². The number of anilines is 1. The van der Waals surface area contributed by atoms with Gasteiger partial charge in [-0.1, -0.05) is 29.7 Å². The lowest BCUT2D eigenvalue weighted by atomic mass is 10.1. The molecule has 0 fully saturated rings. The lowest BCUT2D eigenvalue weighted by molar-refractivity contribution is -0.114. The van der Waals surface area contributed by atoms with Gasteiger partial charge in [-0.25, -0.2) is 4.79 Å². The molecule has 1 N–H and O–H groups in total. The molecular formula is C21H15ClN2O4. The summed E-state index contributed by atoms with van der Waals surface area (Å²) in [6, 6.07) is 11.4. The number of benzene rings is 2. The molecule has 3 rings (SSSR count). The second-order valence-corrected chi connectivity index (χ2v) is 6.30. The third-order valence-corrected chi connectivity index (χ3v) is 4.31. The molecule has 1 amide bonds. The fourth-order valence-electron chi connectivity index (χ4n) is 2.65. The van der Waals surface area contributed by atoms with Crippen LogP contribution in [-0.2, 0) is 4.79 Å². The zero-order valence-electron chi connectivity index (χ0n) is 14.8. The van der Waals surface area contributed by atoms with E-state index >= 15 is 0 Å². The molecule has 28 heavy (non-hydrogen) atoms. The Morgan fingerprint density at radius 2 is 2.14 bits per heavy atom. The predicted molar refractivity (Wildman–Crippen MR) is 108 cm³/mol. The molecule has 0 spiro atoms. The Hall–Kier alpha value is -3.56. The number of hydrogen-bond donors (Lipinski definition) is 1. The van der Waals surface area contributed by atoms with Crippen LogP contribution in [0.2, 0.25) is 5.02 Å². The van der Waals surface area contributed by atoms with Gasteiger partial charge in [0.05, 0.1) is 27.6 Å². The zero-order valence-corrected chi connectivity index (χ0v) is 15.6. The highest BCUT2D eigenvalue weighted by Crippen LogP contribution is 2.29. The molecule has 0 radical (unpaired) electrons. The van der Waals surface area contributed by atoms with E-state index in [1.807, 2.05) is 6.07 Å². The van der Waals surface area contributed by atoms with Crippen molar-refractivity contribution in [1.82, 2.24) is 0 Å². The number of nitrogens with zero attached hydrogens (tertiary/aromatic N) is 2. The number of rotatable bonds is 5. The number of halogens is 1. The van der Waals surface area contributed by atoms with Crippen molar-refractivity contribution < 1.29 is 19.4 Å². The Morgan fingerprint density at radius 1 is 1.36 bits per heavy atom. The summed E-state index contributed by atoms with van der Waals surface area (Å²) in [7, 11) is 0. The van der Waals surface area contributed by atoms with Gasteiger partial charge in [-0.2, -0.15) is 10.1 Å². The highest BCUT2D eigenvalue weighted by atomic mass is 35.5. The predicted octanol–water partition coefficient (Wildman–Crippen LogP) is 3.86. The normalized spacial score (nSPS) is 14.8. The van der Waals surface area contributed by atoms with Crippen LogP contribution in [0, 0.1) is 12.3 Å². The van der Waals surface area contributed by atoms with E-state index in [9.17, 15) is 14.7 Å². The summed E-state index contributed by atoms with van der Waals surface area (Å²) < 4.78 is 5.39. The minimum absolute atomic E-state index is 0.0862. The summed E-state index contributed by atoms with van der Waals surface area (Å²) in [5.74, 6) is 1.43. The fourth-order valence-corrected chi connectivity index (χ4v) is 2.85. The molecule has 140 valence electrons. The average molecular weight is 395 g/mol. The molecule has 0 unspecified atom stereocenters. The third kappa shape index (κ3) is 3.90. The van der Waals surface area contributed by atoms with E-state index in [4.69, 9.17) is 22.8 Å². The van der Waals surface area contributed by atoms with Crippen molar-refractivity contribution in [2.24, 2.45) is 5.10 Å². The number of carboxylic acids is 1. The molecule has 0 saturated heterocycles. The molecule has 0 saturated carbocycles. The maximum Gasteiger partial charge on any atom is 0.337 e. The third-order valence-electron chi connectivity index (χ3n) is 3.98. The van der Waals surface area contributed by atoms with Gasteiger partial charge in [0.25, 0.3) is 5.91 Å². The standard InChI is InChI=1S/C21H15ClN2O4/c1-3-9-28-16-6-4-5-14(10-16)11-17-13(2)23-24(20(17)25)15-7-8-19(22)18(12-15)21(26)27/h1,4-8,10-12H,9H2,2H3,(H,26,27)/b17-11+. The number of amides is 1. The van der Waals surface area contributed by atoms with E-state index in [0.29, 0.717) is 22.7 Å². The van der Waals surface area contributed by atoms with Crippen molar-refractivity contribution in [2.45, 2.75) is 6.92 Å². The summed E-state index contributed by atoms with van der Waals surface area (Å²) in [6.07, 6.45) is 6.89. The van der Waals surface area contributed by atoms with Gasteiger partial charge in [-0.3, -0.25) is 4.79 Å². The second kappa shape index (κ2) is 7.99. The number of carboxylic acid groups (broad SMARTS) is 1. The van der Waals surface area contributed by atoms with Crippen LogP contribution in [0.15, 0.2) is 53.1 Å². The molecular weight excluding hydrogens is 380 g/mol. The number of hydrazone groups is 1. The van der Waals surface area contributed by atoms with Crippen molar-refractivity contribution in [3.05, 3.63) is 64.2 Å². The van der Waals surface area contributed by atoms with Crippen LogP contribution >= 0.6 is 11.6 Å². The minimum Gasteiger partial charge on any atom is -0.481 e. The second-order valence-electron chi connectivity index (χ2n) is 5.89. The van der Waals surface area contributed by atoms with E-state index in [0.717, 1.165) is 10.6 Å². The molecule has 2 aromatic carbocycles. The topological polar surface area (TPSA) is 79.2 Å². The first kappa shape index (κ1) is 19.2. The van der Waals surface area contributed by atoms with Crippen LogP contribution < -0.4 is 9.75 Å². The van der Waals surface area contributed by atoms with Gasteiger partial charge in [0.1, 0.15) is 12.4 Å². The molecule has 6 nitrogen and oxygen atoms in total. The Morgan fingerprint density at radius 3 is 2.86 bits per heavy atom. The number of aromatic carboxylic acids is 1. The number of carbonyl (C=O) groups is 2. The summed E-state index contributed by atoms with van der Waals surface area (Å²) in [5, 5.41) is 14.7. The maximum atomic E-state index is 12.8. The van der Waals surface area contributed by atoms with Crippen LogP contribution in [0.4, 0.5) is 5.69 Å². The van der Waals surface area contributed by atoms with Crippen molar-refractivity contribution in [1.29, 1.82) is 0 Å². The molecule has 1 aliphatic heterocycles. The first-order valence-corrected chi connectivity index (χ1v) is 8.59. The largest absolute Gasteiger partial charge is 0.481 e. The number of terminal acetylenes is 1. The SMILES string of the molecule is C#CCOc1cccc(/C=C2/C(=O)N(c3ccc(Cl)c(C(=O)O)c3)N=C2C)c1. The highest BCUT2D eigenvalue weighted by Gasteiger charge is 2.29. The smallest absolute Gasteiger partial charge is 0.337 e. The van der Waals surface area contributed by atoms with Crippen molar-refractivity contribution >= 4 is 41.0 Å². The van der Waals surface area contributed by atoms with Gasteiger partial charge in [0, 0.05) is 0 Å². The minimum atomic E-state index is -1.18. The molecule has 0 aliphatic carbocycles. The first-order chi connectivity index (χ1) is 13.4. The van der Waals surface area contributed by atoms with Crippen molar-refractivity contribution in [3.8, 4) is 18.1 Å². The van der Waals surface area contributed by atoms with Crippen molar-refractivity contribution in [2.75, 3.05) is 11.6 Å². The Labute approximate surface area is 166 Å². The van der Waals surface area contributed by atoms with Crippen LogP contribution in [-0.4, -0.2) is 29.3 Å².